The lowest BCUT2D eigenvalue weighted by molar-refractivity contribution is 0.0361. The van der Waals surface area contributed by atoms with Crippen LogP contribution in [0.1, 0.15) is 23.2 Å². The van der Waals surface area contributed by atoms with Crippen molar-refractivity contribution in [3.05, 3.63) is 34.1 Å². The van der Waals surface area contributed by atoms with Crippen LogP contribution in [0.25, 0.3) is 0 Å². The fourth-order valence-corrected chi connectivity index (χ4v) is 2.61. The van der Waals surface area contributed by atoms with Gasteiger partial charge in [-0.1, -0.05) is 0 Å². The second-order valence-corrected chi connectivity index (χ2v) is 5.24. The normalized spacial score (nSPS) is 16.6. The van der Waals surface area contributed by atoms with Crippen LogP contribution in [0.2, 0.25) is 0 Å². The van der Waals surface area contributed by atoms with Crippen LogP contribution in [-0.2, 0) is 4.74 Å². The van der Waals surface area contributed by atoms with Crippen molar-refractivity contribution in [1.82, 2.24) is 4.90 Å². The van der Waals surface area contributed by atoms with Gasteiger partial charge in [0.25, 0.3) is 5.91 Å². The third-order valence-electron chi connectivity index (χ3n) is 3.22. The molecule has 0 N–H and O–H groups in total. The van der Waals surface area contributed by atoms with Gasteiger partial charge in [0.15, 0.2) is 0 Å². The van der Waals surface area contributed by atoms with Gasteiger partial charge in [0.1, 0.15) is 5.82 Å². The molecule has 1 aromatic carbocycles. The van der Waals surface area contributed by atoms with Gasteiger partial charge < -0.3 is 9.64 Å². The first-order valence-electron chi connectivity index (χ1n) is 5.89. The first-order chi connectivity index (χ1) is 8.59. The van der Waals surface area contributed by atoms with E-state index in [1.807, 2.05) is 0 Å². The van der Waals surface area contributed by atoms with Crippen LogP contribution in [0.4, 0.5) is 4.39 Å². The summed E-state index contributed by atoms with van der Waals surface area (Å²) in [6.45, 7) is 1.37. The maximum absolute atomic E-state index is 13.0. The van der Waals surface area contributed by atoms with Crippen molar-refractivity contribution in [1.29, 1.82) is 0 Å². The summed E-state index contributed by atoms with van der Waals surface area (Å²) in [6, 6.07) is 4.32. The Morgan fingerprint density at radius 2 is 2.11 bits per heavy atom. The SMILES string of the molecule is CN(C(=O)c1ccc(F)cc1Br)C1CCOCC1. The standard InChI is InChI=1S/C13H15BrFNO2/c1-16(10-4-6-18-7-5-10)13(17)11-3-2-9(15)8-12(11)14/h2-3,8,10H,4-7H2,1H3. The molecule has 1 saturated heterocycles. The Kier molecular flexibility index (Phi) is 4.35. The highest BCUT2D eigenvalue weighted by Gasteiger charge is 2.24. The molecule has 1 aromatic rings. The van der Waals surface area contributed by atoms with E-state index >= 15 is 0 Å². The third kappa shape index (κ3) is 2.90. The molecule has 98 valence electrons. The number of benzene rings is 1. The fourth-order valence-electron chi connectivity index (χ4n) is 2.09. The second kappa shape index (κ2) is 5.80. The van der Waals surface area contributed by atoms with Crippen molar-refractivity contribution in [3.63, 3.8) is 0 Å². The minimum Gasteiger partial charge on any atom is -0.381 e. The highest BCUT2D eigenvalue weighted by atomic mass is 79.9. The molecule has 1 fully saturated rings. The predicted molar refractivity (Wildman–Crippen MR) is 70.0 cm³/mol. The van der Waals surface area contributed by atoms with Crippen LogP contribution >= 0.6 is 15.9 Å². The first-order valence-corrected chi connectivity index (χ1v) is 6.69. The molecule has 2 rings (SSSR count). The van der Waals surface area contributed by atoms with E-state index < -0.39 is 0 Å². The predicted octanol–water partition coefficient (Wildman–Crippen LogP) is 2.84. The lowest BCUT2D eigenvalue weighted by atomic mass is 10.1. The van der Waals surface area contributed by atoms with Crippen molar-refractivity contribution >= 4 is 21.8 Å². The minimum absolute atomic E-state index is 0.0891. The van der Waals surface area contributed by atoms with E-state index in [1.54, 1.807) is 11.9 Å². The summed E-state index contributed by atoms with van der Waals surface area (Å²) in [5.41, 5.74) is 0.491. The summed E-state index contributed by atoms with van der Waals surface area (Å²) >= 11 is 3.23. The van der Waals surface area contributed by atoms with Gasteiger partial charge >= 0.3 is 0 Å². The Morgan fingerprint density at radius 3 is 2.72 bits per heavy atom. The van der Waals surface area contributed by atoms with Gasteiger partial charge in [-0.25, -0.2) is 4.39 Å². The molecule has 0 atom stereocenters. The number of carbonyl (C=O) groups is 1. The number of amides is 1. The molecular formula is C13H15BrFNO2. The van der Waals surface area contributed by atoms with Crippen molar-refractivity contribution in [2.75, 3.05) is 20.3 Å². The lowest BCUT2D eigenvalue weighted by Gasteiger charge is -2.31. The largest absolute Gasteiger partial charge is 0.381 e. The topological polar surface area (TPSA) is 29.5 Å². The van der Waals surface area contributed by atoms with Crippen LogP contribution in [0.3, 0.4) is 0 Å². The molecule has 0 spiro atoms. The molecular weight excluding hydrogens is 301 g/mol. The lowest BCUT2D eigenvalue weighted by Crippen LogP contribution is -2.40. The van der Waals surface area contributed by atoms with Crippen LogP contribution < -0.4 is 0 Å². The number of carbonyl (C=O) groups excluding carboxylic acids is 1. The minimum atomic E-state index is -0.354. The van der Waals surface area contributed by atoms with Crippen LogP contribution in [-0.4, -0.2) is 37.1 Å². The van der Waals surface area contributed by atoms with Gasteiger partial charge in [-0.15, -0.1) is 0 Å². The Labute approximate surface area is 114 Å². The summed E-state index contributed by atoms with van der Waals surface area (Å²) < 4.78 is 18.8. The molecule has 0 unspecified atom stereocenters. The fraction of sp³-hybridized carbons (Fsp3) is 0.462. The maximum atomic E-state index is 13.0. The van der Waals surface area contributed by atoms with E-state index in [9.17, 15) is 9.18 Å². The number of ether oxygens (including phenoxy) is 1. The Bertz CT molecular complexity index is 447. The first kappa shape index (κ1) is 13.5. The summed E-state index contributed by atoms with van der Waals surface area (Å²) in [6.07, 6.45) is 1.70. The number of halogens is 2. The van der Waals surface area contributed by atoms with Crippen LogP contribution in [0.5, 0.6) is 0 Å². The number of hydrogen-bond donors (Lipinski definition) is 0. The molecule has 5 heteroatoms. The quantitative estimate of drug-likeness (QED) is 0.840. The van der Waals surface area contributed by atoms with E-state index in [4.69, 9.17) is 4.74 Å². The van der Waals surface area contributed by atoms with Crippen LogP contribution in [0.15, 0.2) is 22.7 Å². The Balaban J connectivity index is 2.14. The molecule has 1 aliphatic heterocycles. The Morgan fingerprint density at radius 1 is 1.44 bits per heavy atom. The highest BCUT2D eigenvalue weighted by molar-refractivity contribution is 9.10. The van der Waals surface area contributed by atoms with E-state index in [1.165, 1.54) is 18.2 Å². The molecule has 3 nitrogen and oxygen atoms in total. The molecule has 0 bridgehead atoms. The van der Waals surface area contributed by atoms with Crippen molar-refractivity contribution in [2.45, 2.75) is 18.9 Å². The Hall–Kier alpha value is -0.940. The van der Waals surface area contributed by atoms with Gasteiger partial charge in [0.2, 0.25) is 0 Å². The van der Waals surface area contributed by atoms with Crippen molar-refractivity contribution in [2.24, 2.45) is 0 Å². The van der Waals surface area contributed by atoms with Crippen molar-refractivity contribution < 1.29 is 13.9 Å². The number of hydrogen-bond acceptors (Lipinski definition) is 2. The smallest absolute Gasteiger partial charge is 0.254 e. The summed E-state index contributed by atoms with van der Waals surface area (Å²) in [4.78, 5) is 14.0. The van der Waals surface area contributed by atoms with Crippen molar-refractivity contribution in [3.8, 4) is 0 Å². The molecule has 0 radical (unpaired) electrons. The molecule has 0 aromatic heterocycles. The molecule has 18 heavy (non-hydrogen) atoms. The molecule has 1 amide bonds. The van der Waals surface area contributed by atoms with E-state index in [0.29, 0.717) is 23.2 Å². The van der Waals surface area contributed by atoms with E-state index in [2.05, 4.69) is 15.9 Å². The molecule has 0 aliphatic carbocycles. The van der Waals surface area contributed by atoms with Crippen LogP contribution in [0, 0.1) is 5.82 Å². The summed E-state index contributed by atoms with van der Waals surface area (Å²) in [5.74, 6) is -0.444. The van der Waals surface area contributed by atoms with Gasteiger partial charge in [-0.2, -0.15) is 0 Å². The summed E-state index contributed by atoms with van der Waals surface area (Å²) in [5, 5.41) is 0. The van der Waals surface area contributed by atoms with E-state index in [-0.39, 0.29) is 17.8 Å². The third-order valence-corrected chi connectivity index (χ3v) is 3.88. The van der Waals surface area contributed by atoms with E-state index in [0.717, 1.165) is 12.8 Å². The highest BCUT2D eigenvalue weighted by Crippen LogP contribution is 2.22. The van der Waals surface area contributed by atoms with Gasteiger partial charge in [-0.3, -0.25) is 4.79 Å². The number of rotatable bonds is 2. The van der Waals surface area contributed by atoms with Gasteiger partial charge in [0, 0.05) is 30.8 Å². The monoisotopic (exact) mass is 315 g/mol. The zero-order chi connectivity index (χ0) is 13.1. The average Bonchev–Trinajstić information content (AvgIpc) is 2.38. The second-order valence-electron chi connectivity index (χ2n) is 4.38. The maximum Gasteiger partial charge on any atom is 0.254 e. The molecule has 1 aliphatic rings. The molecule has 1 heterocycles. The molecule has 0 saturated carbocycles. The average molecular weight is 316 g/mol. The summed E-state index contributed by atoms with van der Waals surface area (Å²) in [7, 11) is 1.79. The zero-order valence-corrected chi connectivity index (χ0v) is 11.7. The zero-order valence-electron chi connectivity index (χ0n) is 10.2. The number of nitrogens with zero attached hydrogens (tertiary/aromatic N) is 1. The van der Waals surface area contributed by atoms with Gasteiger partial charge in [0.05, 0.1) is 5.56 Å². The van der Waals surface area contributed by atoms with Gasteiger partial charge in [-0.05, 0) is 47.0 Å².